The van der Waals surface area contributed by atoms with Crippen molar-refractivity contribution in [2.24, 2.45) is 5.92 Å². The van der Waals surface area contributed by atoms with E-state index in [-0.39, 0.29) is 11.8 Å². The van der Waals surface area contributed by atoms with Gasteiger partial charge in [-0.15, -0.1) is 0 Å². The van der Waals surface area contributed by atoms with Crippen LogP contribution in [0.25, 0.3) is 0 Å². The van der Waals surface area contributed by atoms with E-state index in [1.165, 1.54) is 0 Å². The number of para-hydroxylation sites is 1. The number of amides is 1. The highest BCUT2D eigenvalue weighted by Crippen LogP contribution is 2.32. The lowest BCUT2D eigenvalue weighted by Crippen LogP contribution is -2.40. The summed E-state index contributed by atoms with van der Waals surface area (Å²) in [7, 11) is 0. The van der Waals surface area contributed by atoms with Gasteiger partial charge < -0.3 is 15.4 Å². The summed E-state index contributed by atoms with van der Waals surface area (Å²) < 4.78 is 5.72. The molecule has 0 saturated heterocycles. The molecule has 0 fully saturated rings. The highest BCUT2D eigenvalue weighted by atomic mass is 16.5. The first-order chi connectivity index (χ1) is 11.2. The van der Waals surface area contributed by atoms with Crippen LogP contribution in [0.1, 0.15) is 18.9 Å². The first-order valence-electron chi connectivity index (χ1n) is 8.03. The monoisotopic (exact) mass is 310 g/mol. The van der Waals surface area contributed by atoms with Gasteiger partial charge in [0.1, 0.15) is 5.75 Å². The zero-order valence-electron chi connectivity index (χ0n) is 13.4. The summed E-state index contributed by atoms with van der Waals surface area (Å²) in [6, 6.07) is 15.4. The van der Waals surface area contributed by atoms with Gasteiger partial charge in [0.15, 0.2) is 0 Å². The van der Waals surface area contributed by atoms with Gasteiger partial charge in [-0.05, 0) is 42.7 Å². The molecule has 1 aliphatic rings. The smallest absolute Gasteiger partial charge is 0.233 e. The van der Waals surface area contributed by atoms with Crippen LogP contribution in [-0.4, -0.2) is 19.1 Å². The molecular weight excluding hydrogens is 288 g/mol. The van der Waals surface area contributed by atoms with Crippen molar-refractivity contribution in [2.75, 3.05) is 23.8 Å². The van der Waals surface area contributed by atoms with Crippen molar-refractivity contribution >= 4 is 17.3 Å². The quantitative estimate of drug-likeness (QED) is 0.882. The maximum Gasteiger partial charge on any atom is 0.233 e. The van der Waals surface area contributed by atoms with Crippen molar-refractivity contribution in [3.8, 4) is 5.75 Å². The van der Waals surface area contributed by atoms with Crippen LogP contribution in [0.15, 0.2) is 48.5 Å². The minimum atomic E-state index is -0.206. The van der Waals surface area contributed by atoms with Gasteiger partial charge in [0.25, 0.3) is 0 Å². The lowest BCUT2D eigenvalue weighted by Gasteiger charge is -2.32. The van der Waals surface area contributed by atoms with Crippen LogP contribution >= 0.6 is 0 Å². The molecule has 4 nitrogen and oxygen atoms in total. The third-order valence-electron chi connectivity index (χ3n) is 4.22. The van der Waals surface area contributed by atoms with Crippen LogP contribution < -0.4 is 15.4 Å². The Morgan fingerprint density at radius 3 is 2.78 bits per heavy atom. The van der Waals surface area contributed by atoms with Crippen molar-refractivity contribution in [2.45, 2.75) is 19.8 Å². The Morgan fingerprint density at radius 2 is 2.00 bits per heavy atom. The molecule has 1 heterocycles. The minimum Gasteiger partial charge on any atom is -0.493 e. The largest absolute Gasteiger partial charge is 0.493 e. The Labute approximate surface area is 136 Å². The number of hydrogen-bond donors (Lipinski definition) is 1. The van der Waals surface area contributed by atoms with Gasteiger partial charge in [0.05, 0.1) is 12.5 Å². The lowest BCUT2D eigenvalue weighted by molar-refractivity contribution is -0.122. The Balaban J connectivity index is 1.70. The maximum absolute atomic E-state index is 12.8. The average molecular weight is 310 g/mol. The normalized spacial score (nSPS) is 14.9. The van der Waals surface area contributed by atoms with Crippen LogP contribution in [0, 0.1) is 5.92 Å². The summed E-state index contributed by atoms with van der Waals surface area (Å²) >= 11 is 0. The van der Waals surface area contributed by atoms with E-state index in [1.54, 1.807) is 0 Å². The minimum absolute atomic E-state index is 0.0903. The number of anilines is 2. The fourth-order valence-electron chi connectivity index (χ4n) is 2.96. The van der Waals surface area contributed by atoms with Crippen molar-refractivity contribution in [1.82, 2.24) is 0 Å². The molecule has 1 atom stereocenters. The number of rotatable bonds is 4. The standard InChI is InChI=1S/C19H22N2O2/c1-14(13-23-15-7-3-2-4-8-15)19(22)21-12-6-9-16-17(20)10-5-11-18(16)21/h2-5,7-8,10-11,14H,6,9,12-13,20H2,1H3. The van der Waals surface area contributed by atoms with Crippen LogP contribution in [-0.2, 0) is 11.2 Å². The van der Waals surface area contributed by atoms with Crippen molar-refractivity contribution in [3.05, 3.63) is 54.1 Å². The molecular formula is C19H22N2O2. The van der Waals surface area contributed by atoms with Crippen molar-refractivity contribution in [1.29, 1.82) is 0 Å². The second kappa shape index (κ2) is 6.73. The summed E-state index contributed by atoms with van der Waals surface area (Å²) in [6.07, 6.45) is 1.87. The van der Waals surface area contributed by atoms with E-state index in [0.29, 0.717) is 6.61 Å². The highest BCUT2D eigenvalue weighted by molar-refractivity contribution is 5.96. The Hall–Kier alpha value is -2.49. The second-order valence-corrected chi connectivity index (χ2v) is 5.96. The third-order valence-corrected chi connectivity index (χ3v) is 4.22. The van der Waals surface area contributed by atoms with Crippen LogP contribution in [0.3, 0.4) is 0 Å². The van der Waals surface area contributed by atoms with Gasteiger partial charge >= 0.3 is 0 Å². The topological polar surface area (TPSA) is 55.6 Å². The molecule has 1 aliphatic heterocycles. The van der Waals surface area contributed by atoms with E-state index in [0.717, 1.165) is 42.1 Å². The SMILES string of the molecule is CC(COc1ccccc1)C(=O)N1CCCc2c(N)cccc21. The van der Waals surface area contributed by atoms with E-state index in [4.69, 9.17) is 10.5 Å². The van der Waals surface area contributed by atoms with E-state index in [1.807, 2.05) is 60.4 Å². The number of nitrogens with two attached hydrogens (primary N) is 1. The molecule has 0 aliphatic carbocycles. The van der Waals surface area contributed by atoms with E-state index in [2.05, 4.69) is 0 Å². The number of nitrogens with zero attached hydrogens (tertiary/aromatic N) is 1. The molecule has 0 saturated carbocycles. The van der Waals surface area contributed by atoms with Crippen molar-refractivity contribution in [3.63, 3.8) is 0 Å². The molecule has 2 aromatic rings. The van der Waals surface area contributed by atoms with Crippen LogP contribution in [0.5, 0.6) is 5.75 Å². The van der Waals surface area contributed by atoms with E-state index in [9.17, 15) is 4.79 Å². The number of nitrogen functional groups attached to an aromatic ring is 1. The molecule has 0 bridgehead atoms. The molecule has 3 rings (SSSR count). The number of carbonyl (C=O) groups excluding carboxylic acids is 1. The number of benzene rings is 2. The summed E-state index contributed by atoms with van der Waals surface area (Å²) in [6.45, 7) is 3.02. The first-order valence-corrected chi connectivity index (χ1v) is 8.03. The van der Waals surface area contributed by atoms with Crippen LogP contribution in [0.4, 0.5) is 11.4 Å². The first kappa shape index (κ1) is 15.4. The summed E-state index contributed by atoms with van der Waals surface area (Å²) in [5.74, 6) is 0.672. The Kier molecular flexibility index (Phi) is 4.51. The van der Waals surface area contributed by atoms with E-state index < -0.39 is 0 Å². The van der Waals surface area contributed by atoms with Gasteiger partial charge in [-0.3, -0.25) is 4.79 Å². The van der Waals surface area contributed by atoms with Gasteiger partial charge in [-0.1, -0.05) is 31.2 Å². The van der Waals surface area contributed by atoms with Crippen molar-refractivity contribution < 1.29 is 9.53 Å². The Bertz CT molecular complexity index is 685. The third kappa shape index (κ3) is 3.31. The fraction of sp³-hybridized carbons (Fsp3) is 0.316. The molecule has 120 valence electrons. The summed E-state index contributed by atoms with van der Waals surface area (Å²) in [5, 5.41) is 0. The summed E-state index contributed by atoms with van der Waals surface area (Å²) in [4.78, 5) is 14.7. The van der Waals surface area contributed by atoms with Gasteiger partial charge in [-0.2, -0.15) is 0 Å². The molecule has 23 heavy (non-hydrogen) atoms. The second-order valence-electron chi connectivity index (χ2n) is 5.96. The number of ether oxygens (including phenoxy) is 1. The molecule has 0 radical (unpaired) electrons. The average Bonchev–Trinajstić information content (AvgIpc) is 2.60. The molecule has 4 heteroatoms. The predicted octanol–water partition coefficient (Wildman–Crippen LogP) is 3.26. The lowest BCUT2D eigenvalue weighted by atomic mass is 9.98. The number of carbonyl (C=O) groups is 1. The molecule has 2 aromatic carbocycles. The van der Waals surface area contributed by atoms with Gasteiger partial charge in [0.2, 0.25) is 5.91 Å². The molecule has 1 unspecified atom stereocenters. The van der Waals surface area contributed by atoms with Gasteiger partial charge in [0, 0.05) is 17.9 Å². The molecule has 2 N–H and O–H groups in total. The fourth-order valence-corrected chi connectivity index (χ4v) is 2.96. The van der Waals surface area contributed by atoms with Crippen LogP contribution in [0.2, 0.25) is 0 Å². The number of fused-ring (bicyclic) bond motifs is 1. The molecule has 0 aromatic heterocycles. The molecule has 0 spiro atoms. The summed E-state index contributed by atoms with van der Waals surface area (Å²) in [5.41, 5.74) is 8.86. The van der Waals surface area contributed by atoms with E-state index >= 15 is 0 Å². The Morgan fingerprint density at radius 1 is 1.22 bits per heavy atom. The zero-order valence-corrected chi connectivity index (χ0v) is 13.4. The highest BCUT2D eigenvalue weighted by Gasteiger charge is 2.27. The maximum atomic E-state index is 12.8. The van der Waals surface area contributed by atoms with Gasteiger partial charge in [-0.25, -0.2) is 0 Å². The predicted molar refractivity (Wildman–Crippen MR) is 92.6 cm³/mol. The molecule has 1 amide bonds. The number of hydrogen-bond acceptors (Lipinski definition) is 3. The zero-order chi connectivity index (χ0) is 16.2.